The number of carbonyl (C=O) groups excluding carboxylic acids is 1. The van der Waals surface area contributed by atoms with E-state index >= 15 is 0 Å². The van der Waals surface area contributed by atoms with Crippen molar-refractivity contribution in [3.05, 3.63) is 11.5 Å². The molecule has 8 heteroatoms. The van der Waals surface area contributed by atoms with Crippen LogP contribution in [0, 0.1) is 13.8 Å². The summed E-state index contributed by atoms with van der Waals surface area (Å²) < 4.78 is 31.3. The molecule has 0 saturated heterocycles. The van der Waals surface area contributed by atoms with E-state index < -0.39 is 10.0 Å². The van der Waals surface area contributed by atoms with Gasteiger partial charge in [0.25, 0.3) is 0 Å². The summed E-state index contributed by atoms with van der Waals surface area (Å²) in [5.41, 5.74) is 0.305. The van der Waals surface area contributed by atoms with Gasteiger partial charge in [-0.2, -0.15) is 0 Å². The third kappa shape index (κ3) is 4.31. The second kappa shape index (κ2) is 6.85. The number of aromatic nitrogens is 1. The van der Waals surface area contributed by atoms with Crippen molar-refractivity contribution in [1.82, 2.24) is 15.2 Å². The highest BCUT2D eigenvalue weighted by molar-refractivity contribution is 7.89. The monoisotopic (exact) mass is 303 g/mol. The maximum atomic E-state index is 12.1. The Morgan fingerprint density at radius 3 is 2.55 bits per heavy atom. The lowest BCUT2D eigenvalue weighted by Gasteiger charge is -2.11. The predicted octanol–water partition coefficient (Wildman–Crippen LogP) is 0.875. The molecule has 0 aromatic carbocycles. The van der Waals surface area contributed by atoms with Crippen LogP contribution < -0.4 is 10.0 Å². The summed E-state index contributed by atoms with van der Waals surface area (Å²) in [6.45, 7) is 6.98. The average Bonchev–Trinajstić information content (AvgIpc) is 2.69. The summed E-state index contributed by atoms with van der Waals surface area (Å²) >= 11 is 0. The van der Waals surface area contributed by atoms with Gasteiger partial charge in [-0.05, 0) is 27.2 Å². The average molecular weight is 303 g/mol. The lowest BCUT2D eigenvalue weighted by molar-refractivity contribution is -0.121. The zero-order valence-corrected chi connectivity index (χ0v) is 13.0. The van der Waals surface area contributed by atoms with Gasteiger partial charge in [0.05, 0.1) is 0 Å². The van der Waals surface area contributed by atoms with Gasteiger partial charge >= 0.3 is 0 Å². The molecule has 1 amide bonds. The van der Waals surface area contributed by atoms with E-state index in [1.165, 1.54) is 6.92 Å². The highest BCUT2D eigenvalue weighted by atomic mass is 32.2. The Hall–Kier alpha value is -1.41. The van der Waals surface area contributed by atoms with E-state index in [1.54, 1.807) is 6.92 Å². The highest BCUT2D eigenvalue weighted by Crippen LogP contribution is 2.18. The van der Waals surface area contributed by atoms with E-state index in [0.717, 1.165) is 6.42 Å². The molecule has 0 radical (unpaired) electrons. The summed E-state index contributed by atoms with van der Waals surface area (Å²) in [4.78, 5) is 11.6. The van der Waals surface area contributed by atoms with Gasteiger partial charge < -0.3 is 9.84 Å². The quantitative estimate of drug-likeness (QED) is 0.778. The number of hydrogen-bond acceptors (Lipinski definition) is 5. The van der Waals surface area contributed by atoms with E-state index in [1.807, 2.05) is 13.8 Å². The van der Waals surface area contributed by atoms with Crippen LogP contribution >= 0.6 is 0 Å². The molecule has 1 aromatic heterocycles. The second-order valence-corrected chi connectivity index (χ2v) is 6.38. The lowest BCUT2D eigenvalue weighted by atomic mass is 10.2. The molecule has 1 heterocycles. The summed E-state index contributed by atoms with van der Waals surface area (Å²) in [5, 5.41) is 6.37. The van der Waals surface area contributed by atoms with E-state index in [9.17, 15) is 13.2 Å². The predicted molar refractivity (Wildman–Crippen MR) is 73.7 cm³/mol. The molecule has 0 spiro atoms. The summed E-state index contributed by atoms with van der Waals surface area (Å²) in [5.74, 6) is 0.0554. The van der Waals surface area contributed by atoms with Crippen molar-refractivity contribution >= 4 is 15.9 Å². The standard InChI is InChI=1S/C12H21N3O4S/c1-5-8(2)14-11(16)6-7-13-20(17,18)12-9(3)15-19-10(12)4/h8,13H,5-7H2,1-4H3,(H,14,16). The van der Waals surface area contributed by atoms with Crippen LogP contribution in [0.2, 0.25) is 0 Å². The Labute approximate surface area is 119 Å². The van der Waals surface area contributed by atoms with Crippen molar-refractivity contribution < 1.29 is 17.7 Å². The maximum Gasteiger partial charge on any atom is 0.245 e. The van der Waals surface area contributed by atoms with Gasteiger partial charge in [-0.15, -0.1) is 0 Å². The van der Waals surface area contributed by atoms with E-state index in [0.29, 0.717) is 5.69 Å². The summed E-state index contributed by atoms with van der Waals surface area (Å²) in [6.07, 6.45) is 0.920. The van der Waals surface area contributed by atoms with Crippen LogP contribution in [0.4, 0.5) is 0 Å². The third-order valence-electron chi connectivity index (χ3n) is 2.90. The van der Waals surface area contributed by atoms with Gasteiger partial charge in [-0.25, -0.2) is 13.1 Å². The molecule has 0 bridgehead atoms. The van der Waals surface area contributed by atoms with Crippen LogP contribution in [-0.2, 0) is 14.8 Å². The third-order valence-corrected chi connectivity index (χ3v) is 4.60. The van der Waals surface area contributed by atoms with Crippen molar-refractivity contribution in [3.63, 3.8) is 0 Å². The Balaban J connectivity index is 2.55. The normalized spacial score (nSPS) is 13.2. The fourth-order valence-electron chi connectivity index (χ4n) is 1.68. The Morgan fingerprint density at radius 2 is 2.05 bits per heavy atom. The lowest BCUT2D eigenvalue weighted by Crippen LogP contribution is -2.35. The molecular weight excluding hydrogens is 282 g/mol. The minimum absolute atomic E-state index is 0.0364. The van der Waals surface area contributed by atoms with Crippen molar-refractivity contribution in [2.75, 3.05) is 6.54 Å². The van der Waals surface area contributed by atoms with Crippen molar-refractivity contribution in [2.45, 2.75) is 51.5 Å². The molecule has 20 heavy (non-hydrogen) atoms. The number of sulfonamides is 1. The molecule has 0 fully saturated rings. The molecule has 114 valence electrons. The van der Waals surface area contributed by atoms with Crippen LogP contribution in [0.1, 0.15) is 38.1 Å². The number of aryl methyl sites for hydroxylation is 2. The molecule has 0 saturated carbocycles. The molecule has 1 atom stereocenters. The van der Waals surface area contributed by atoms with Crippen LogP contribution in [0.15, 0.2) is 9.42 Å². The first-order valence-corrected chi connectivity index (χ1v) is 7.98. The zero-order valence-electron chi connectivity index (χ0n) is 12.2. The van der Waals surface area contributed by atoms with Crippen molar-refractivity contribution in [3.8, 4) is 0 Å². The molecule has 0 aliphatic heterocycles. The fraction of sp³-hybridized carbons (Fsp3) is 0.667. The van der Waals surface area contributed by atoms with Crippen molar-refractivity contribution in [2.24, 2.45) is 0 Å². The Kier molecular flexibility index (Phi) is 5.70. The van der Waals surface area contributed by atoms with Crippen LogP contribution in [0.5, 0.6) is 0 Å². The molecule has 1 unspecified atom stereocenters. The molecule has 1 aromatic rings. The van der Waals surface area contributed by atoms with Gasteiger partial charge in [-0.3, -0.25) is 4.79 Å². The Bertz CT molecular complexity index is 546. The fourth-order valence-corrected chi connectivity index (χ4v) is 3.04. The Morgan fingerprint density at radius 1 is 1.40 bits per heavy atom. The van der Waals surface area contributed by atoms with Gasteiger partial charge in [-0.1, -0.05) is 12.1 Å². The minimum atomic E-state index is -3.69. The van der Waals surface area contributed by atoms with Gasteiger partial charge in [0, 0.05) is 19.0 Å². The van der Waals surface area contributed by atoms with Gasteiger partial charge in [0.2, 0.25) is 15.9 Å². The maximum absolute atomic E-state index is 12.1. The van der Waals surface area contributed by atoms with Crippen LogP contribution in [0.25, 0.3) is 0 Å². The smallest absolute Gasteiger partial charge is 0.245 e. The highest BCUT2D eigenvalue weighted by Gasteiger charge is 2.23. The van der Waals surface area contributed by atoms with E-state index in [4.69, 9.17) is 4.52 Å². The largest absolute Gasteiger partial charge is 0.360 e. The second-order valence-electron chi connectivity index (χ2n) is 4.68. The van der Waals surface area contributed by atoms with E-state index in [-0.39, 0.29) is 35.6 Å². The molecule has 7 nitrogen and oxygen atoms in total. The zero-order chi connectivity index (χ0) is 15.3. The number of amides is 1. The van der Waals surface area contributed by atoms with Crippen LogP contribution in [-0.4, -0.2) is 32.1 Å². The molecule has 0 aliphatic rings. The number of hydrogen-bond donors (Lipinski definition) is 2. The molecule has 2 N–H and O–H groups in total. The van der Waals surface area contributed by atoms with E-state index in [2.05, 4.69) is 15.2 Å². The first-order valence-electron chi connectivity index (χ1n) is 6.49. The van der Waals surface area contributed by atoms with Crippen molar-refractivity contribution in [1.29, 1.82) is 0 Å². The number of carbonyl (C=O) groups is 1. The van der Waals surface area contributed by atoms with Gasteiger partial charge in [0.1, 0.15) is 10.6 Å². The SMILES string of the molecule is CCC(C)NC(=O)CCNS(=O)(=O)c1c(C)noc1C. The topological polar surface area (TPSA) is 101 Å². The molecular formula is C12H21N3O4S. The molecule has 1 rings (SSSR count). The summed E-state index contributed by atoms with van der Waals surface area (Å²) in [7, 11) is -3.69. The van der Waals surface area contributed by atoms with Crippen LogP contribution in [0.3, 0.4) is 0 Å². The molecule has 0 aliphatic carbocycles. The van der Waals surface area contributed by atoms with Gasteiger partial charge in [0.15, 0.2) is 5.76 Å². The summed E-state index contributed by atoms with van der Waals surface area (Å²) in [6, 6.07) is 0.0849. The number of nitrogens with zero attached hydrogens (tertiary/aromatic N) is 1. The first kappa shape index (κ1) is 16.6. The first-order chi connectivity index (χ1) is 9.27. The number of rotatable bonds is 7. The minimum Gasteiger partial charge on any atom is -0.360 e. The number of nitrogens with one attached hydrogen (secondary N) is 2.